The molecule has 0 bridgehead atoms. The van der Waals surface area contributed by atoms with Crippen molar-refractivity contribution in [2.75, 3.05) is 12.3 Å². The zero-order valence-electron chi connectivity index (χ0n) is 10.0. The van der Waals surface area contributed by atoms with Crippen LogP contribution in [0.4, 0.5) is 5.95 Å². The van der Waals surface area contributed by atoms with Crippen LogP contribution in [0, 0.1) is 0 Å². The topological polar surface area (TPSA) is 70.1 Å². The second-order valence-corrected chi connectivity index (χ2v) is 4.54. The van der Waals surface area contributed by atoms with Gasteiger partial charge in [-0.25, -0.2) is 4.98 Å². The van der Waals surface area contributed by atoms with E-state index in [0.717, 1.165) is 19.4 Å². The molecule has 1 aromatic carbocycles. The van der Waals surface area contributed by atoms with Gasteiger partial charge in [-0.1, -0.05) is 12.1 Å². The summed E-state index contributed by atoms with van der Waals surface area (Å²) in [6.07, 6.45) is 2.09. The van der Waals surface area contributed by atoms with Gasteiger partial charge in [0.2, 0.25) is 5.95 Å². The first kappa shape index (κ1) is 11.2. The molecule has 0 amide bonds. The molecule has 0 saturated carbocycles. The maximum atomic E-state index is 12.3. The van der Waals surface area contributed by atoms with Gasteiger partial charge in [-0.05, 0) is 25.0 Å². The molecule has 1 aromatic heterocycles. The van der Waals surface area contributed by atoms with E-state index in [1.54, 1.807) is 12.1 Å². The number of anilines is 1. The molecule has 1 saturated heterocycles. The van der Waals surface area contributed by atoms with Crippen molar-refractivity contribution in [3.05, 3.63) is 34.6 Å². The van der Waals surface area contributed by atoms with Crippen LogP contribution >= 0.6 is 0 Å². The Morgan fingerprint density at radius 2 is 2.28 bits per heavy atom. The van der Waals surface area contributed by atoms with Crippen LogP contribution in [0.25, 0.3) is 10.9 Å². The van der Waals surface area contributed by atoms with Crippen molar-refractivity contribution in [2.45, 2.75) is 25.5 Å². The largest absolute Gasteiger partial charge is 0.376 e. The second-order valence-electron chi connectivity index (χ2n) is 4.54. The summed E-state index contributed by atoms with van der Waals surface area (Å²) in [4.78, 5) is 16.6. The van der Waals surface area contributed by atoms with Crippen LogP contribution in [0.3, 0.4) is 0 Å². The first-order valence-corrected chi connectivity index (χ1v) is 6.12. The molecule has 2 heterocycles. The van der Waals surface area contributed by atoms with Gasteiger partial charge >= 0.3 is 0 Å². The molecule has 0 aliphatic carbocycles. The number of rotatable bonds is 2. The van der Waals surface area contributed by atoms with Crippen LogP contribution < -0.4 is 11.3 Å². The van der Waals surface area contributed by atoms with Gasteiger partial charge in [0.1, 0.15) is 0 Å². The third-order valence-corrected chi connectivity index (χ3v) is 3.30. The predicted molar refractivity (Wildman–Crippen MR) is 69.4 cm³/mol. The summed E-state index contributed by atoms with van der Waals surface area (Å²) in [6, 6.07) is 7.25. The number of nitrogens with two attached hydrogens (primary N) is 1. The summed E-state index contributed by atoms with van der Waals surface area (Å²) in [5.41, 5.74) is 6.41. The van der Waals surface area contributed by atoms with Crippen molar-refractivity contribution in [1.82, 2.24) is 9.55 Å². The van der Waals surface area contributed by atoms with E-state index in [9.17, 15) is 4.79 Å². The summed E-state index contributed by atoms with van der Waals surface area (Å²) in [5.74, 6) is 0.259. The van der Waals surface area contributed by atoms with Gasteiger partial charge in [-0.3, -0.25) is 9.36 Å². The molecule has 18 heavy (non-hydrogen) atoms. The number of hydrogen-bond donors (Lipinski definition) is 1. The number of hydrogen-bond acceptors (Lipinski definition) is 4. The van der Waals surface area contributed by atoms with Crippen LogP contribution in [-0.2, 0) is 11.3 Å². The van der Waals surface area contributed by atoms with Crippen molar-refractivity contribution in [3.8, 4) is 0 Å². The smallest absolute Gasteiger partial charge is 0.262 e. The number of nitrogen functional groups attached to an aromatic ring is 1. The summed E-state index contributed by atoms with van der Waals surface area (Å²) < 4.78 is 7.05. The molecular formula is C13H15N3O2. The van der Waals surface area contributed by atoms with E-state index in [-0.39, 0.29) is 17.6 Å². The zero-order chi connectivity index (χ0) is 12.5. The lowest BCUT2D eigenvalue weighted by Gasteiger charge is -2.14. The van der Waals surface area contributed by atoms with E-state index < -0.39 is 0 Å². The van der Waals surface area contributed by atoms with Gasteiger partial charge in [-0.15, -0.1) is 0 Å². The average Bonchev–Trinajstić information content (AvgIpc) is 2.87. The van der Waals surface area contributed by atoms with Crippen molar-refractivity contribution in [3.63, 3.8) is 0 Å². The number of para-hydroxylation sites is 1. The quantitative estimate of drug-likeness (QED) is 0.861. The lowest BCUT2D eigenvalue weighted by molar-refractivity contribution is 0.0966. The Hall–Kier alpha value is -1.88. The number of fused-ring (bicyclic) bond motifs is 1. The lowest BCUT2D eigenvalue weighted by atomic mass is 10.2. The summed E-state index contributed by atoms with van der Waals surface area (Å²) in [6.45, 7) is 1.25. The lowest BCUT2D eigenvalue weighted by Crippen LogP contribution is -2.29. The van der Waals surface area contributed by atoms with Crippen LogP contribution in [-0.4, -0.2) is 22.3 Å². The highest BCUT2D eigenvalue weighted by Crippen LogP contribution is 2.15. The summed E-state index contributed by atoms with van der Waals surface area (Å²) >= 11 is 0. The highest BCUT2D eigenvalue weighted by atomic mass is 16.5. The molecule has 1 fully saturated rings. The predicted octanol–water partition coefficient (Wildman–Crippen LogP) is 1.16. The SMILES string of the molecule is Nc1nc2ccccc2c(=O)n1CC1CCCO1. The van der Waals surface area contributed by atoms with Crippen molar-refractivity contribution in [2.24, 2.45) is 0 Å². The van der Waals surface area contributed by atoms with Crippen LogP contribution in [0.5, 0.6) is 0 Å². The number of ether oxygens (including phenoxy) is 1. The molecular weight excluding hydrogens is 230 g/mol. The molecule has 5 nitrogen and oxygen atoms in total. The Morgan fingerprint density at radius 3 is 3.06 bits per heavy atom. The molecule has 1 atom stereocenters. The maximum Gasteiger partial charge on any atom is 0.262 e. The molecule has 2 N–H and O–H groups in total. The second kappa shape index (κ2) is 4.42. The number of benzene rings is 1. The van der Waals surface area contributed by atoms with Gasteiger partial charge in [0, 0.05) is 6.61 Å². The highest BCUT2D eigenvalue weighted by molar-refractivity contribution is 5.78. The number of nitrogens with zero attached hydrogens (tertiary/aromatic N) is 2. The Morgan fingerprint density at radius 1 is 1.44 bits per heavy atom. The van der Waals surface area contributed by atoms with Gasteiger partial charge in [0.05, 0.1) is 23.6 Å². The van der Waals surface area contributed by atoms with Crippen molar-refractivity contribution < 1.29 is 4.74 Å². The Balaban J connectivity index is 2.07. The fourth-order valence-corrected chi connectivity index (χ4v) is 2.35. The third kappa shape index (κ3) is 1.86. The van der Waals surface area contributed by atoms with E-state index in [1.807, 2.05) is 12.1 Å². The maximum absolute atomic E-state index is 12.3. The molecule has 0 radical (unpaired) electrons. The van der Waals surface area contributed by atoms with Gasteiger partial charge in [0.15, 0.2) is 0 Å². The van der Waals surface area contributed by atoms with Crippen LogP contribution in [0.15, 0.2) is 29.1 Å². The molecule has 94 valence electrons. The molecule has 1 aliphatic heterocycles. The molecule has 1 aliphatic rings. The zero-order valence-corrected chi connectivity index (χ0v) is 10.0. The van der Waals surface area contributed by atoms with Gasteiger partial charge in [0.25, 0.3) is 5.56 Å². The van der Waals surface area contributed by atoms with E-state index >= 15 is 0 Å². The van der Waals surface area contributed by atoms with E-state index in [4.69, 9.17) is 10.5 Å². The Kier molecular flexibility index (Phi) is 2.76. The fraction of sp³-hybridized carbons (Fsp3) is 0.385. The van der Waals surface area contributed by atoms with E-state index in [2.05, 4.69) is 4.98 Å². The average molecular weight is 245 g/mol. The molecule has 0 spiro atoms. The minimum atomic E-state index is -0.0893. The Labute approximate surface area is 104 Å². The third-order valence-electron chi connectivity index (χ3n) is 3.30. The molecule has 5 heteroatoms. The van der Waals surface area contributed by atoms with E-state index in [0.29, 0.717) is 17.4 Å². The fourth-order valence-electron chi connectivity index (χ4n) is 2.35. The highest BCUT2D eigenvalue weighted by Gasteiger charge is 2.18. The normalized spacial score (nSPS) is 19.4. The summed E-state index contributed by atoms with van der Waals surface area (Å²) in [7, 11) is 0. The Bertz CT molecular complexity index is 630. The van der Waals surface area contributed by atoms with Gasteiger partial charge < -0.3 is 10.5 Å². The summed E-state index contributed by atoms with van der Waals surface area (Å²) in [5, 5.41) is 0.602. The van der Waals surface area contributed by atoms with Gasteiger partial charge in [-0.2, -0.15) is 0 Å². The standard InChI is InChI=1S/C13H15N3O2/c14-13-15-11-6-2-1-5-10(11)12(17)16(13)8-9-4-3-7-18-9/h1-2,5-6,9H,3-4,7-8H2,(H2,14,15). The van der Waals surface area contributed by atoms with E-state index in [1.165, 1.54) is 4.57 Å². The first-order chi connectivity index (χ1) is 8.75. The first-order valence-electron chi connectivity index (χ1n) is 6.12. The van der Waals surface area contributed by atoms with Crippen molar-refractivity contribution in [1.29, 1.82) is 0 Å². The minimum Gasteiger partial charge on any atom is -0.376 e. The molecule has 3 rings (SSSR count). The number of aromatic nitrogens is 2. The monoisotopic (exact) mass is 245 g/mol. The van der Waals surface area contributed by atoms with Crippen LogP contribution in [0.2, 0.25) is 0 Å². The minimum absolute atomic E-state index is 0.0768. The molecule has 1 unspecified atom stereocenters. The van der Waals surface area contributed by atoms with Crippen molar-refractivity contribution >= 4 is 16.9 Å². The van der Waals surface area contributed by atoms with Crippen LogP contribution in [0.1, 0.15) is 12.8 Å². The molecule has 2 aromatic rings.